The molecule has 5 heteroatoms. The Morgan fingerprint density at radius 1 is 1.40 bits per heavy atom. The fraction of sp³-hybridized carbons (Fsp3) is 0.533. The van der Waals surface area contributed by atoms with Crippen molar-refractivity contribution in [2.45, 2.75) is 32.7 Å². The van der Waals surface area contributed by atoms with Crippen molar-refractivity contribution in [2.75, 3.05) is 26.0 Å². The van der Waals surface area contributed by atoms with Crippen LogP contribution in [-0.4, -0.2) is 37.1 Å². The van der Waals surface area contributed by atoms with E-state index in [1.54, 1.807) is 19.2 Å². The first-order valence-electron chi connectivity index (χ1n) is 6.90. The largest absolute Gasteiger partial charge is 0.398 e. The third-order valence-corrected chi connectivity index (χ3v) is 4.15. The van der Waals surface area contributed by atoms with Crippen LogP contribution in [0.5, 0.6) is 0 Å². The monoisotopic (exact) mass is 342 g/mol. The Hall–Kier alpha value is -1.07. The highest BCUT2D eigenvalue weighted by Gasteiger charge is 2.22. The maximum atomic E-state index is 12.7. The average molecular weight is 343 g/mol. The molecule has 0 aliphatic rings. The third kappa shape index (κ3) is 4.21. The molecule has 0 fully saturated rings. The Kier molecular flexibility index (Phi) is 7.02. The van der Waals surface area contributed by atoms with Gasteiger partial charge >= 0.3 is 0 Å². The third-order valence-electron chi connectivity index (χ3n) is 3.42. The molecule has 0 saturated carbocycles. The number of rotatable bonds is 7. The van der Waals surface area contributed by atoms with Gasteiger partial charge in [-0.05, 0) is 47.0 Å². The first-order chi connectivity index (χ1) is 9.54. The van der Waals surface area contributed by atoms with Crippen molar-refractivity contribution < 1.29 is 9.53 Å². The summed E-state index contributed by atoms with van der Waals surface area (Å²) in [7, 11) is 1.65. The van der Waals surface area contributed by atoms with Crippen LogP contribution in [0, 0.1) is 0 Å². The van der Waals surface area contributed by atoms with Gasteiger partial charge in [0, 0.05) is 35.4 Å². The molecule has 2 N–H and O–H groups in total. The number of carbonyl (C=O) groups excluding carboxylic acids is 1. The Morgan fingerprint density at radius 3 is 2.55 bits per heavy atom. The Bertz CT molecular complexity index is 447. The van der Waals surface area contributed by atoms with Gasteiger partial charge in [-0.2, -0.15) is 0 Å². The van der Waals surface area contributed by atoms with Crippen molar-refractivity contribution in [3.8, 4) is 0 Å². The Balaban J connectivity index is 2.99. The van der Waals surface area contributed by atoms with E-state index >= 15 is 0 Å². The summed E-state index contributed by atoms with van der Waals surface area (Å²) in [5.74, 6) is 0.00921. The predicted octanol–water partition coefficient (Wildman–Crippen LogP) is 3.31. The fourth-order valence-corrected chi connectivity index (χ4v) is 2.46. The van der Waals surface area contributed by atoms with Gasteiger partial charge < -0.3 is 15.4 Å². The van der Waals surface area contributed by atoms with Crippen molar-refractivity contribution >= 4 is 27.5 Å². The van der Waals surface area contributed by atoms with Crippen LogP contribution < -0.4 is 5.73 Å². The van der Waals surface area contributed by atoms with Crippen LogP contribution in [0.1, 0.15) is 37.0 Å². The minimum Gasteiger partial charge on any atom is -0.398 e. The molecule has 0 bridgehead atoms. The minimum absolute atomic E-state index is 0.00921. The molecule has 0 heterocycles. The molecule has 1 aromatic rings. The number of hydrogen-bond donors (Lipinski definition) is 1. The van der Waals surface area contributed by atoms with E-state index in [0.717, 1.165) is 17.3 Å². The fourth-order valence-electron chi connectivity index (χ4n) is 2.21. The number of methoxy groups -OCH3 is 1. The predicted molar refractivity (Wildman–Crippen MR) is 85.8 cm³/mol. The SMILES string of the molecule is CCC(CC)N(CCOC)C(=O)c1ccc(Br)c(N)c1. The topological polar surface area (TPSA) is 55.6 Å². The number of anilines is 1. The molecule has 1 amide bonds. The number of carbonyl (C=O) groups is 1. The number of nitrogens with two attached hydrogens (primary N) is 1. The first kappa shape index (κ1) is 17.0. The average Bonchev–Trinajstić information content (AvgIpc) is 2.45. The van der Waals surface area contributed by atoms with Crippen LogP contribution in [0.3, 0.4) is 0 Å². The second kappa shape index (κ2) is 8.27. The number of nitrogens with zero attached hydrogens (tertiary/aromatic N) is 1. The van der Waals surface area contributed by atoms with E-state index in [1.807, 2.05) is 11.0 Å². The Labute approximate surface area is 129 Å². The number of nitrogen functional groups attached to an aromatic ring is 1. The zero-order valence-corrected chi connectivity index (χ0v) is 13.9. The zero-order chi connectivity index (χ0) is 15.1. The minimum atomic E-state index is 0.00921. The molecule has 1 aromatic carbocycles. The molecule has 0 aliphatic heterocycles. The van der Waals surface area contributed by atoms with Gasteiger partial charge in [0.15, 0.2) is 0 Å². The molecule has 0 saturated heterocycles. The van der Waals surface area contributed by atoms with Gasteiger partial charge in [0.05, 0.1) is 6.61 Å². The zero-order valence-electron chi connectivity index (χ0n) is 12.4. The van der Waals surface area contributed by atoms with Gasteiger partial charge in [-0.1, -0.05) is 13.8 Å². The lowest BCUT2D eigenvalue weighted by Gasteiger charge is -2.30. The molecule has 4 nitrogen and oxygen atoms in total. The summed E-state index contributed by atoms with van der Waals surface area (Å²) < 4.78 is 5.92. The van der Waals surface area contributed by atoms with E-state index in [4.69, 9.17) is 10.5 Å². The second-order valence-corrected chi connectivity index (χ2v) is 5.55. The van der Waals surface area contributed by atoms with Gasteiger partial charge in [-0.25, -0.2) is 0 Å². The first-order valence-corrected chi connectivity index (χ1v) is 7.69. The van der Waals surface area contributed by atoms with Crippen molar-refractivity contribution in [2.24, 2.45) is 0 Å². The van der Waals surface area contributed by atoms with Crippen molar-refractivity contribution in [1.29, 1.82) is 0 Å². The highest BCUT2D eigenvalue weighted by atomic mass is 79.9. The van der Waals surface area contributed by atoms with E-state index in [0.29, 0.717) is 24.4 Å². The molecule has 0 aromatic heterocycles. The summed E-state index contributed by atoms with van der Waals surface area (Å²) in [6, 6.07) is 5.55. The maximum Gasteiger partial charge on any atom is 0.254 e. The van der Waals surface area contributed by atoms with E-state index in [1.165, 1.54) is 0 Å². The molecule has 1 rings (SSSR count). The van der Waals surface area contributed by atoms with Gasteiger partial charge in [0.1, 0.15) is 0 Å². The summed E-state index contributed by atoms with van der Waals surface area (Å²) >= 11 is 3.34. The molecule has 112 valence electrons. The summed E-state index contributed by atoms with van der Waals surface area (Å²) in [6.45, 7) is 5.32. The number of benzene rings is 1. The summed E-state index contributed by atoms with van der Waals surface area (Å²) in [5, 5.41) is 0. The summed E-state index contributed by atoms with van der Waals surface area (Å²) in [5.41, 5.74) is 7.05. The molecule has 0 aliphatic carbocycles. The molecule has 0 unspecified atom stereocenters. The normalized spacial score (nSPS) is 10.8. The quantitative estimate of drug-likeness (QED) is 0.773. The van der Waals surface area contributed by atoms with Gasteiger partial charge in [0.25, 0.3) is 5.91 Å². The molecular weight excluding hydrogens is 320 g/mol. The van der Waals surface area contributed by atoms with E-state index in [9.17, 15) is 4.79 Å². The van der Waals surface area contributed by atoms with Gasteiger partial charge in [0.2, 0.25) is 0 Å². The lowest BCUT2D eigenvalue weighted by atomic mass is 10.1. The number of amides is 1. The van der Waals surface area contributed by atoms with Crippen LogP contribution in [-0.2, 0) is 4.74 Å². The van der Waals surface area contributed by atoms with Gasteiger partial charge in [-0.15, -0.1) is 0 Å². The van der Waals surface area contributed by atoms with Crippen LogP contribution in [0.25, 0.3) is 0 Å². The molecule has 20 heavy (non-hydrogen) atoms. The van der Waals surface area contributed by atoms with Crippen molar-refractivity contribution in [3.05, 3.63) is 28.2 Å². The van der Waals surface area contributed by atoms with E-state index < -0.39 is 0 Å². The molecule has 0 spiro atoms. The lowest BCUT2D eigenvalue weighted by molar-refractivity contribution is 0.0589. The molecular formula is C15H23BrN2O2. The Morgan fingerprint density at radius 2 is 2.05 bits per heavy atom. The highest BCUT2D eigenvalue weighted by Crippen LogP contribution is 2.22. The van der Waals surface area contributed by atoms with Crippen molar-refractivity contribution in [3.63, 3.8) is 0 Å². The molecule has 0 atom stereocenters. The van der Waals surface area contributed by atoms with E-state index in [2.05, 4.69) is 29.8 Å². The number of halogens is 1. The van der Waals surface area contributed by atoms with Crippen LogP contribution in [0.2, 0.25) is 0 Å². The van der Waals surface area contributed by atoms with Crippen LogP contribution in [0.15, 0.2) is 22.7 Å². The number of ether oxygens (including phenoxy) is 1. The highest BCUT2D eigenvalue weighted by molar-refractivity contribution is 9.10. The lowest BCUT2D eigenvalue weighted by Crippen LogP contribution is -2.41. The van der Waals surface area contributed by atoms with E-state index in [-0.39, 0.29) is 11.9 Å². The van der Waals surface area contributed by atoms with Crippen LogP contribution >= 0.6 is 15.9 Å². The summed E-state index contributed by atoms with van der Waals surface area (Å²) in [6.07, 6.45) is 1.86. The maximum absolute atomic E-state index is 12.7. The van der Waals surface area contributed by atoms with Crippen LogP contribution in [0.4, 0.5) is 5.69 Å². The van der Waals surface area contributed by atoms with Gasteiger partial charge in [-0.3, -0.25) is 4.79 Å². The smallest absolute Gasteiger partial charge is 0.254 e. The number of hydrogen-bond acceptors (Lipinski definition) is 3. The molecule has 0 radical (unpaired) electrons. The second-order valence-electron chi connectivity index (χ2n) is 4.70. The standard InChI is InChI=1S/C15H23BrN2O2/c1-4-12(5-2)18(8-9-20-3)15(19)11-6-7-13(16)14(17)10-11/h6-7,10,12H,4-5,8-9,17H2,1-3H3. The van der Waals surface area contributed by atoms with Crippen molar-refractivity contribution in [1.82, 2.24) is 4.90 Å². The summed E-state index contributed by atoms with van der Waals surface area (Å²) in [4.78, 5) is 14.6.